The Kier molecular flexibility index (Phi) is 4.49. The Morgan fingerprint density at radius 2 is 1.86 bits per heavy atom. The highest BCUT2D eigenvalue weighted by Crippen LogP contribution is 2.30. The van der Waals surface area contributed by atoms with Gasteiger partial charge in [-0.1, -0.05) is 17.7 Å². The summed E-state index contributed by atoms with van der Waals surface area (Å²) in [5, 5.41) is 11.4. The highest BCUT2D eigenvalue weighted by atomic mass is 35.5. The van der Waals surface area contributed by atoms with Crippen LogP contribution in [-0.2, 0) is 0 Å². The summed E-state index contributed by atoms with van der Waals surface area (Å²) in [7, 11) is 1.49. The summed E-state index contributed by atoms with van der Waals surface area (Å²) in [5.41, 5.74) is 7.90. The van der Waals surface area contributed by atoms with E-state index in [1.54, 1.807) is 0 Å². The van der Waals surface area contributed by atoms with E-state index >= 15 is 0 Å². The Labute approximate surface area is 126 Å². The van der Waals surface area contributed by atoms with E-state index < -0.39 is 4.92 Å². The number of nitro groups is 1. The Balaban J connectivity index is 2.22. The van der Waals surface area contributed by atoms with Gasteiger partial charge in [0.1, 0.15) is 11.4 Å². The summed E-state index contributed by atoms with van der Waals surface area (Å²) < 4.78 is 5.16. The number of methoxy groups -OCH3 is 1. The maximum atomic E-state index is 10.8. The molecule has 2 aromatic carbocycles. The predicted molar refractivity (Wildman–Crippen MR) is 83.1 cm³/mol. The number of nitrogens with zero attached hydrogens (tertiary/aromatic N) is 1. The average Bonchev–Trinajstić information content (AvgIpc) is 2.46. The molecule has 2 aromatic rings. The van der Waals surface area contributed by atoms with Crippen LogP contribution in [0.1, 0.15) is 5.56 Å². The molecule has 0 unspecified atom stereocenters. The zero-order valence-electron chi connectivity index (χ0n) is 11.5. The van der Waals surface area contributed by atoms with Gasteiger partial charge in [-0.2, -0.15) is 0 Å². The molecule has 0 bridgehead atoms. The van der Waals surface area contributed by atoms with Crippen LogP contribution >= 0.6 is 11.6 Å². The smallest absolute Gasteiger partial charge is 0.271 e. The van der Waals surface area contributed by atoms with E-state index in [1.807, 2.05) is 25.1 Å². The van der Waals surface area contributed by atoms with E-state index in [-0.39, 0.29) is 5.69 Å². The SMILES string of the molecule is COc1ccc([N+](=O)[O-])cc1NNc1ccc(C)cc1Cl. The van der Waals surface area contributed by atoms with Gasteiger partial charge in [0.25, 0.3) is 5.69 Å². The van der Waals surface area contributed by atoms with Gasteiger partial charge in [-0.3, -0.25) is 21.0 Å². The number of hydrazine groups is 1. The predicted octanol–water partition coefficient (Wildman–Crippen LogP) is 4.00. The van der Waals surface area contributed by atoms with Gasteiger partial charge in [-0.15, -0.1) is 0 Å². The van der Waals surface area contributed by atoms with Crippen LogP contribution in [0.15, 0.2) is 36.4 Å². The molecule has 0 atom stereocenters. The molecule has 0 aliphatic heterocycles. The van der Waals surface area contributed by atoms with Crippen LogP contribution in [0.3, 0.4) is 0 Å². The van der Waals surface area contributed by atoms with Gasteiger partial charge in [0.15, 0.2) is 0 Å². The lowest BCUT2D eigenvalue weighted by Crippen LogP contribution is -2.10. The molecular formula is C14H14ClN3O3. The number of nitrogens with one attached hydrogen (secondary N) is 2. The van der Waals surface area contributed by atoms with Crippen LogP contribution in [0.25, 0.3) is 0 Å². The second kappa shape index (κ2) is 6.32. The molecule has 0 fully saturated rings. The van der Waals surface area contributed by atoms with E-state index in [0.717, 1.165) is 5.56 Å². The Hall–Kier alpha value is -2.47. The van der Waals surface area contributed by atoms with Crippen LogP contribution in [0.2, 0.25) is 5.02 Å². The van der Waals surface area contributed by atoms with Crippen LogP contribution in [0.4, 0.5) is 17.1 Å². The van der Waals surface area contributed by atoms with Crippen molar-refractivity contribution in [3.63, 3.8) is 0 Å². The molecule has 21 heavy (non-hydrogen) atoms. The largest absolute Gasteiger partial charge is 0.495 e. The standard InChI is InChI=1S/C14H14ClN3O3/c1-9-3-5-12(11(15)7-9)16-17-13-8-10(18(19)20)4-6-14(13)21-2/h3-8,16-17H,1-2H3. The molecule has 0 saturated heterocycles. The first kappa shape index (κ1) is 14.9. The summed E-state index contributed by atoms with van der Waals surface area (Å²) in [6.45, 7) is 1.94. The van der Waals surface area contributed by atoms with Crippen molar-refractivity contribution >= 4 is 28.7 Å². The fourth-order valence-corrected chi connectivity index (χ4v) is 2.05. The Bertz CT molecular complexity index is 677. The van der Waals surface area contributed by atoms with Gasteiger partial charge in [0.2, 0.25) is 0 Å². The highest BCUT2D eigenvalue weighted by Gasteiger charge is 2.11. The quantitative estimate of drug-likeness (QED) is 0.645. The zero-order valence-corrected chi connectivity index (χ0v) is 12.3. The fraction of sp³-hybridized carbons (Fsp3) is 0.143. The Morgan fingerprint density at radius 3 is 2.48 bits per heavy atom. The third-order valence-electron chi connectivity index (χ3n) is 2.85. The third-order valence-corrected chi connectivity index (χ3v) is 3.16. The van der Waals surface area contributed by atoms with Crippen molar-refractivity contribution in [1.82, 2.24) is 0 Å². The number of nitro benzene ring substituents is 1. The monoisotopic (exact) mass is 307 g/mol. The third kappa shape index (κ3) is 3.55. The maximum absolute atomic E-state index is 10.8. The van der Waals surface area contributed by atoms with E-state index in [4.69, 9.17) is 16.3 Å². The molecule has 0 heterocycles. The molecular weight excluding hydrogens is 294 g/mol. The second-order valence-electron chi connectivity index (χ2n) is 4.37. The van der Waals surface area contributed by atoms with Crippen molar-refractivity contribution in [3.8, 4) is 5.75 Å². The first-order chi connectivity index (χ1) is 10.0. The van der Waals surface area contributed by atoms with E-state index in [1.165, 1.54) is 25.3 Å². The number of rotatable bonds is 5. The summed E-state index contributed by atoms with van der Waals surface area (Å²) in [6, 6.07) is 9.82. The van der Waals surface area contributed by atoms with Crippen LogP contribution in [-0.4, -0.2) is 12.0 Å². The average molecular weight is 308 g/mol. The van der Waals surface area contributed by atoms with Crippen molar-refractivity contribution in [2.24, 2.45) is 0 Å². The minimum absolute atomic E-state index is 0.0323. The number of aryl methyl sites for hydroxylation is 1. The molecule has 0 radical (unpaired) electrons. The lowest BCUT2D eigenvalue weighted by Gasteiger charge is -2.14. The van der Waals surface area contributed by atoms with E-state index in [0.29, 0.717) is 22.1 Å². The highest BCUT2D eigenvalue weighted by molar-refractivity contribution is 6.33. The van der Waals surface area contributed by atoms with Gasteiger partial charge >= 0.3 is 0 Å². The molecule has 0 amide bonds. The number of benzene rings is 2. The second-order valence-corrected chi connectivity index (χ2v) is 4.78. The van der Waals surface area contributed by atoms with Crippen molar-refractivity contribution in [1.29, 1.82) is 0 Å². The fourth-order valence-electron chi connectivity index (χ4n) is 1.76. The molecule has 110 valence electrons. The van der Waals surface area contributed by atoms with Gasteiger partial charge in [-0.05, 0) is 30.7 Å². The van der Waals surface area contributed by atoms with Gasteiger partial charge in [0, 0.05) is 12.1 Å². The zero-order chi connectivity index (χ0) is 15.4. The topological polar surface area (TPSA) is 76.4 Å². The van der Waals surface area contributed by atoms with Gasteiger partial charge in [0.05, 0.1) is 22.7 Å². The lowest BCUT2D eigenvalue weighted by atomic mass is 10.2. The molecule has 7 heteroatoms. The number of ether oxygens (including phenoxy) is 1. The van der Waals surface area contributed by atoms with Crippen molar-refractivity contribution in [2.45, 2.75) is 6.92 Å². The lowest BCUT2D eigenvalue weighted by molar-refractivity contribution is -0.384. The van der Waals surface area contributed by atoms with Crippen molar-refractivity contribution < 1.29 is 9.66 Å². The first-order valence-electron chi connectivity index (χ1n) is 6.12. The van der Waals surface area contributed by atoms with E-state index in [2.05, 4.69) is 10.9 Å². The maximum Gasteiger partial charge on any atom is 0.271 e. The Morgan fingerprint density at radius 1 is 1.14 bits per heavy atom. The number of hydrogen-bond acceptors (Lipinski definition) is 5. The summed E-state index contributed by atoms with van der Waals surface area (Å²) in [6.07, 6.45) is 0. The van der Waals surface area contributed by atoms with Crippen LogP contribution in [0, 0.1) is 17.0 Å². The van der Waals surface area contributed by atoms with Crippen LogP contribution < -0.4 is 15.6 Å². The van der Waals surface area contributed by atoms with Crippen molar-refractivity contribution in [2.75, 3.05) is 18.0 Å². The molecule has 2 rings (SSSR count). The summed E-state index contributed by atoms with van der Waals surface area (Å²) in [4.78, 5) is 10.3. The normalized spacial score (nSPS) is 10.0. The molecule has 0 saturated carbocycles. The van der Waals surface area contributed by atoms with Crippen LogP contribution in [0.5, 0.6) is 5.75 Å². The molecule has 0 aliphatic rings. The molecule has 2 N–H and O–H groups in total. The number of hydrogen-bond donors (Lipinski definition) is 2. The molecule has 0 aromatic heterocycles. The summed E-state index contributed by atoms with van der Waals surface area (Å²) >= 11 is 6.11. The minimum Gasteiger partial charge on any atom is -0.495 e. The summed E-state index contributed by atoms with van der Waals surface area (Å²) in [5.74, 6) is 0.483. The van der Waals surface area contributed by atoms with Gasteiger partial charge < -0.3 is 4.74 Å². The first-order valence-corrected chi connectivity index (χ1v) is 6.49. The number of non-ortho nitro benzene ring substituents is 1. The van der Waals surface area contributed by atoms with Gasteiger partial charge in [-0.25, -0.2) is 0 Å². The number of anilines is 2. The molecule has 0 spiro atoms. The molecule has 0 aliphatic carbocycles. The molecule has 6 nitrogen and oxygen atoms in total. The van der Waals surface area contributed by atoms with Crippen molar-refractivity contribution in [3.05, 3.63) is 57.1 Å². The number of halogens is 1. The van der Waals surface area contributed by atoms with E-state index in [9.17, 15) is 10.1 Å². The minimum atomic E-state index is -0.469.